The van der Waals surface area contributed by atoms with Crippen LogP contribution in [0.25, 0.3) is 0 Å². The van der Waals surface area contributed by atoms with Gasteiger partial charge in [-0.05, 0) is 54.5 Å². The number of methoxy groups -OCH3 is 1. The van der Waals surface area contributed by atoms with Gasteiger partial charge in [0.2, 0.25) is 0 Å². The Morgan fingerprint density at radius 1 is 0.923 bits per heavy atom. The summed E-state index contributed by atoms with van der Waals surface area (Å²) in [7, 11) is 1.63. The lowest BCUT2D eigenvalue weighted by atomic mass is 9.91. The number of carbonyl (C=O) groups excluding carboxylic acids is 1. The van der Waals surface area contributed by atoms with Crippen molar-refractivity contribution in [1.29, 1.82) is 0 Å². The van der Waals surface area contributed by atoms with Gasteiger partial charge in [-0.25, -0.2) is 0 Å². The molecule has 0 aliphatic rings. The molecule has 0 spiro atoms. The molecule has 1 atom stereocenters. The summed E-state index contributed by atoms with van der Waals surface area (Å²) >= 11 is 0. The first-order valence-electron chi connectivity index (χ1n) is 9.78. The molecule has 140 valence electrons. The van der Waals surface area contributed by atoms with Gasteiger partial charge in [0, 0.05) is 11.1 Å². The zero-order valence-corrected chi connectivity index (χ0v) is 16.6. The van der Waals surface area contributed by atoms with Crippen LogP contribution in [-0.4, -0.2) is 12.9 Å². The first-order chi connectivity index (χ1) is 12.5. The number of ketones is 1. The van der Waals surface area contributed by atoms with E-state index in [-0.39, 0.29) is 5.78 Å². The van der Waals surface area contributed by atoms with Gasteiger partial charge in [0.25, 0.3) is 0 Å². The first kappa shape index (κ1) is 20.2. The van der Waals surface area contributed by atoms with E-state index in [1.807, 2.05) is 42.5 Å². The van der Waals surface area contributed by atoms with E-state index in [1.54, 1.807) is 7.11 Å². The third-order valence-electron chi connectivity index (χ3n) is 5.00. The number of ether oxygens (including phenoxy) is 1. The molecule has 0 aromatic heterocycles. The van der Waals surface area contributed by atoms with Crippen molar-refractivity contribution >= 4 is 5.78 Å². The molecular formula is C24H32O2. The van der Waals surface area contributed by atoms with E-state index in [4.69, 9.17) is 4.74 Å². The average molecular weight is 353 g/mol. The lowest BCUT2D eigenvalue weighted by molar-refractivity contribution is 0.103. The predicted molar refractivity (Wildman–Crippen MR) is 109 cm³/mol. The van der Waals surface area contributed by atoms with Crippen LogP contribution < -0.4 is 4.74 Å². The molecule has 0 aliphatic carbocycles. The average Bonchev–Trinajstić information content (AvgIpc) is 2.66. The summed E-state index contributed by atoms with van der Waals surface area (Å²) in [5.41, 5.74) is 2.69. The number of hydrogen-bond donors (Lipinski definition) is 0. The summed E-state index contributed by atoms with van der Waals surface area (Å²) in [6.07, 6.45) is 5.96. The summed E-state index contributed by atoms with van der Waals surface area (Å²) in [4.78, 5) is 12.9. The molecule has 0 N–H and O–H groups in total. The number of aryl methyl sites for hydroxylation is 1. The van der Waals surface area contributed by atoms with Gasteiger partial charge >= 0.3 is 0 Å². The third kappa shape index (κ3) is 6.01. The molecule has 2 aromatic rings. The van der Waals surface area contributed by atoms with Gasteiger partial charge in [-0.3, -0.25) is 4.79 Å². The number of carbonyl (C=O) groups is 1. The molecule has 0 saturated heterocycles. The molecule has 26 heavy (non-hydrogen) atoms. The zero-order valence-electron chi connectivity index (χ0n) is 16.6. The number of rotatable bonds is 10. The molecule has 2 heteroatoms. The van der Waals surface area contributed by atoms with E-state index < -0.39 is 0 Å². The normalized spacial score (nSPS) is 12.2. The smallest absolute Gasteiger partial charge is 0.193 e. The minimum atomic E-state index is 0.0933. The van der Waals surface area contributed by atoms with E-state index in [9.17, 15) is 4.79 Å². The van der Waals surface area contributed by atoms with Gasteiger partial charge in [-0.1, -0.05) is 64.3 Å². The lowest BCUT2D eigenvalue weighted by Crippen LogP contribution is -2.07. The molecule has 0 heterocycles. The van der Waals surface area contributed by atoms with Crippen molar-refractivity contribution < 1.29 is 9.53 Å². The number of benzene rings is 2. The Labute approximate surface area is 158 Å². The Morgan fingerprint density at radius 3 is 2.27 bits per heavy atom. The molecule has 0 radical (unpaired) electrons. The molecule has 0 amide bonds. The lowest BCUT2D eigenvalue weighted by Gasteiger charge is -2.14. The Balaban J connectivity index is 2.01. The standard InChI is InChI=1S/C24H32O2/c1-18(2)8-7-9-19(3)12-13-20-10-5-6-11-23(20)24(25)21-14-16-22(26-4)17-15-21/h5-6,10-11,14-19H,7-9,12-13H2,1-4H3. The first-order valence-corrected chi connectivity index (χ1v) is 9.78. The largest absolute Gasteiger partial charge is 0.497 e. The molecule has 0 fully saturated rings. The summed E-state index contributed by atoms with van der Waals surface area (Å²) in [6.45, 7) is 6.89. The van der Waals surface area contributed by atoms with Crippen LogP contribution in [0.15, 0.2) is 48.5 Å². The van der Waals surface area contributed by atoms with E-state index >= 15 is 0 Å². The minimum Gasteiger partial charge on any atom is -0.497 e. The minimum absolute atomic E-state index is 0.0933. The molecule has 0 saturated carbocycles. The maximum atomic E-state index is 12.9. The fourth-order valence-electron chi connectivity index (χ4n) is 3.28. The summed E-state index contributed by atoms with van der Waals surface area (Å²) < 4.78 is 5.18. The molecule has 0 aliphatic heterocycles. The zero-order chi connectivity index (χ0) is 18.9. The van der Waals surface area contributed by atoms with Crippen molar-refractivity contribution in [1.82, 2.24) is 0 Å². The van der Waals surface area contributed by atoms with Gasteiger partial charge in [0.05, 0.1) is 7.11 Å². The second-order valence-corrected chi connectivity index (χ2v) is 7.68. The number of hydrogen-bond acceptors (Lipinski definition) is 2. The van der Waals surface area contributed by atoms with Crippen molar-refractivity contribution in [3.05, 3.63) is 65.2 Å². The van der Waals surface area contributed by atoms with E-state index in [2.05, 4.69) is 26.8 Å². The predicted octanol–water partition coefficient (Wildman–Crippen LogP) is 6.32. The fourth-order valence-corrected chi connectivity index (χ4v) is 3.28. The van der Waals surface area contributed by atoms with Crippen LogP contribution in [0.4, 0.5) is 0 Å². The highest BCUT2D eigenvalue weighted by molar-refractivity contribution is 6.09. The third-order valence-corrected chi connectivity index (χ3v) is 5.00. The van der Waals surface area contributed by atoms with Gasteiger partial charge < -0.3 is 4.74 Å². The molecule has 1 unspecified atom stereocenters. The highest BCUT2D eigenvalue weighted by atomic mass is 16.5. The highest BCUT2D eigenvalue weighted by Crippen LogP contribution is 2.22. The van der Waals surface area contributed by atoms with Crippen LogP contribution in [0.3, 0.4) is 0 Å². The monoisotopic (exact) mass is 352 g/mol. The summed E-state index contributed by atoms with van der Waals surface area (Å²) in [5.74, 6) is 2.34. The maximum absolute atomic E-state index is 12.9. The topological polar surface area (TPSA) is 26.3 Å². The molecule has 2 nitrogen and oxygen atoms in total. The van der Waals surface area contributed by atoms with Crippen LogP contribution in [-0.2, 0) is 6.42 Å². The van der Waals surface area contributed by atoms with Gasteiger partial charge in [0.15, 0.2) is 5.78 Å². The van der Waals surface area contributed by atoms with Crippen molar-refractivity contribution in [3.63, 3.8) is 0 Å². The Bertz CT molecular complexity index is 686. The fraction of sp³-hybridized carbons (Fsp3) is 0.458. The van der Waals surface area contributed by atoms with Crippen LogP contribution in [0.1, 0.15) is 67.9 Å². The van der Waals surface area contributed by atoms with Crippen LogP contribution >= 0.6 is 0 Å². The summed E-state index contributed by atoms with van der Waals surface area (Å²) in [6, 6.07) is 15.4. The van der Waals surface area contributed by atoms with Crippen LogP contribution in [0, 0.1) is 11.8 Å². The van der Waals surface area contributed by atoms with Crippen LogP contribution in [0.2, 0.25) is 0 Å². The van der Waals surface area contributed by atoms with Gasteiger partial charge in [-0.15, -0.1) is 0 Å². The van der Waals surface area contributed by atoms with E-state index in [0.29, 0.717) is 11.5 Å². The quantitative estimate of drug-likeness (QED) is 0.468. The molecule has 0 bridgehead atoms. The van der Waals surface area contributed by atoms with E-state index in [0.717, 1.165) is 35.6 Å². The van der Waals surface area contributed by atoms with Crippen LogP contribution in [0.5, 0.6) is 5.75 Å². The van der Waals surface area contributed by atoms with Gasteiger partial charge in [0.1, 0.15) is 5.75 Å². The van der Waals surface area contributed by atoms with Gasteiger partial charge in [-0.2, -0.15) is 0 Å². The van der Waals surface area contributed by atoms with Crippen molar-refractivity contribution in [2.24, 2.45) is 11.8 Å². The highest BCUT2D eigenvalue weighted by Gasteiger charge is 2.14. The molecule has 2 rings (SSSR count). The maximum Gasteiger partial charge on any atom is 0.193 e. The van der Waals surface area contributed by atoms with Crippen molar-refractivity contribution in [2.75, 3.05) is 7.11 Å². The Morgan fingerprint density at radius 2 is 1.62 bits per heavy atom. The van der Waals surface area contributed by atoms with E-state index in [1.165, 1.54) is 19.3 Å². The summed E-state index contributed by atoms with van der Waals surface area (Å²) in [5, 5.41) is 0. The SMILES string of the molecule is COc1ccc(C(=O)c2ccccc2CCC(C)CCCC(C)C)cc1. The molecular weight excluding hydrogens is 320 g/mol. The van der Waals surface area contributed by atoms with Crippen molar-refractivity contribution in [2.45, 2.75) is 52.9 Å². The second-order valence-electron chi connectivity index (χ2n) is 7.68. The Kier molecular flexibility index (Phi) is 7.90. The van der Waals surface area contributed by atoms with Crippen molar-refractivity contribution in [3.8, 4) is 5.75 Å². The molecule has 2 aromatic carbocycles. The Hall–Kier alpha value is -2.09. The second kappa shape index (κ2) is 10.2.